The molecule has 3 amide bonds. The minimum atomic E-state index is -0.480. The molecule has 0 unspecified atom stereocenters. The van der Waals surface area contributed by atoms with Gasteiger partial charge in [-0.2, -0.15) is 0 Å². The number of rotatable bonds is 6. The van der Waals surface area contributed by atoms with Gasteiger partial charge in [-0.05, 0) is 57.2 Å². The van der Waals surface area contributed by atoms with Crippen LogP contribution in [0.2, 0.25) is 0 Å². The fraction of sp³-hybridized carbons (Fsp3) is 0.571. The predicted octanol–water partition coefficient (Wildman–Crippen LogP) is 2.90. The maximum Gasteiger partial charge on any atom is 0.410 e. The van der Waals surface area contributed by atoms with E-state index in [0.717, 1.165) is 24.9 Å². The molecular weight excluding hydrogens is 358 g/mol. The number of piperidine rings is 1. The lowest BCUT2D eigenvalue weighted by atomic mass is 9.89. The highest BCUT2D eigenvalue weighted by Gasteiger charge is 2.27. The Kier molecular flexibility index (Phi) is 7.43. The Hall–Kier alpha value is -2.57. The number of likely N-dealkylation sites (tertiary alicyclic amines) is 1. The zero-order valence-electron chi connectivity index (χ0n) is 17.2. The Bertz CT molecular complexity index is 674. The molecule has 1 aromatic carbocycles. The van der Waals surface area contributed by atoms with Gasteiger partial charge in [0.15, 0.2) is 0 Å². The van der Waals surface area contributed by atoms with Crippen molar-refractivity contribution in [1.29, 1.82) is 0 Å². The number of carbonyl (C=O) groups is 3. The molecule has 0 radical (unpaired) electrons. The van der Waals surface area contributed by atoms with Gasteiger partial charge in [0.25, 0.3) is 0 Å². The third-order valence-corrected chi connectivity index (χ3v) is 4.83. The van der Waals surface area contributed by atoms with Crippen LogP contribution in [0.25, 0.3) is 0 Å². The first-order chi connectivity index (χ1) is 13.2. The highest BCUT2D eigenvalue weighted by molar-refractivity contribution is 5.80. The lowest BCUT2D eigenvalue weighted by Gasteiger charge is -2.33. The summed E-state index contributed by atoms with van der Waals surface area (Å²) in [6, 6.07) is 7.88. The predicted molar refractivity (Wildman–Crippen MR) is 108 cm³/mol. The number of anilines is 1. The van der Waals surface area contributed by atoms with Crippen molar-refractivity contribution >= 4 is 24.1 Å². The molecule has 28 heavy (non-hydrogen) atoms. The number of ether oxygens (including phenoxy) is 1. The van der Waals surface area contributed by atoms with E-state index in [0.29, 0.717) is 25.6 Å². The van der Waals surface area contributed by atoms with Gasteiger partial charge in [-0.3, -0.25) is 9.59 Å². The summed E-state index contributed by atoms with van der Waals surface area (Å²) in [6.07, 6.45) is 2.52. The first-order valence-corrected chi connectivity index (χ1v) is 9.74. The van der Waals surface area contributed by atoms with E-state index in [1.54, 1.807) is 11.9 Å². The maximum atomic E-state index is 12.2. The van der Waals surface area contributed by atoms with Gasteiger partial charge in [0.2, 0.25) is 12.3 Å². The first kappa shape index (κ1) is 21.7. The second-order valence-corrected chi connectivity index (χ2v) is 8.06. The second kappa shape index (κ2) is 9.57. The zero-order chi connectivity index (χ0) is 20.7. The molecule has 1 N–H and O–H groups in total. The van der Waals surface area contributed by atoms with Crippen LogP contribution in [0.4, 0.5) is 10.5 Å². The van der Waals surface area contributed by atoms with E-state index in [2.05, 4.69) is 5.32 Å². The summed E-state index contributed by atoms with van der Waals surface area (Å²) in [7, 11) is 1.58. The van der Waals surface area contributed by atoms with Crippen molar-refractivity contribution in [2.45, 2.75) is 51.6 Å². The molecule has 154 valence electrons. The van der Waals surface area contributed by atoms with E-state index in [-0.39, 0.29) is 18.4 Å². The standard InChI is InChI=1S/C21H31N3O4/c1-21(2,3)28-20(27)23-12-9-17(10-13-23)16-5-7-18(8-6-16)24(15-25)14-11-19(26)22-4/h5-8,15,17H,9-14H2,1-4H3,(H,22,26). The molecule has 0 atom stereocenters. The highest BCUT2D eigenvalue weighted by atomic mass is 16.6. The molecule has 0 bridgehead atoms. The topological polar surface area (TPSA) is 79.0 Å². The van der Waals surface area contributed by atoms with Crippen molar-refractivity contribution < 1.29 is 19.1 Å². The van der Waals surface area contributed by atoms with Crippen LogP contribution in [0.15, 0.2) is 24.3 Å². The van der Waals surface area contributed by atoms with Gasteiger partial charge in [0.05, 0.1) is 0 Å². The van der Waals surface area contributed by atoms with Crippen molar-refractivity contribution in [3.8, 4) is 0 Å². The van der Waals surface area contributed by atoms with Crippen molar-refractivity contribution in [2.75, 3.05) is 31.6 Å². The van der Waals surface area contributed by atoms with Crippen LogP contribution in [-0.4, -0.2) is 55.6 Å². The summed E-state index contributed by atoms with van der Waals surface area (Å²) >= 11 is 0. The summed E-state index contributed by atoms with van der Waals surface area (Å²) < 4.78 is 5.44. The molecule has 2 rings (SSSR count). The number of hydrogen-bond donors (Lipinski definition) is 1. The lowest BCUT2D eigenvalue weighted by molar-refractivity contribution is -0.120. The Morgan fingerprint density at radius 2 is 1.82 bits per heavy atom. The molecule has 0 saturated carbocycles. The van der Waals surface area contributed by atoms with Crippen molar-refractivity contribution in [2.24, 2.45) is 0 Å². The first-order valence-electron chi connectivity index (χ1n) is 9.74. The van der Waals surface area contributed by atoms with Crippen molar-refractivity contribution in [3.05, 3.63) is 29.8 Å². The average Bonchev–Trinajstić information content (AvgIpc) is 2.67. The molecular formula is C21H31N3O4. The Morgan fingerprint density at radius 3 is 2.32 bits per heavy atom. The third kappa shape index (κ3) is 6.25. The molecule has 1 heterocycles. The quantitative estimate of drug-likeness (QED) is 0.759. The van der Waals surface area contributed by atoms with E-state index in [4.69, 9.17) is 4.74 Å². The van der Waals surface area contributed by atoms with Gasteiger partial charge < -0.3 is 19.9 Å². The van der Waals surface area contributed by atoms with Crippen LogP contribution >= 0.6 is 0 Å². The molecule has 1 aliphatic heterocycles. The normalized spacial score (nSPS) is 15.1. The van der Waals surface area contributed by atoms with Crippen LogP contribution in [0.5, 0.6) is 0 Å². The molecule has 0 aromatic heterocycles. The van der Waals surface area contributed by atoms with Crippen LogP contribution in [0.3, 0.4) is 0 Å². The van der Waals surface area contributed by atoms with Crippen LogP contribution in [-0.2, 0) is 14.3 Å². The average molecular weight is 389 g/mol. The summed E-state index contributed by atoms with van der Waals surface area (Å²) in [5, 5.41) is 2.55. The smallest absolute Gasteiger partial charge is 0.410 e. The molecule has 1 aliphatic rings. The van der Waals surface area contributed by atoms with E-state index >= 15 is 0 Å². The number of nitrogens with one attached hydrogen (secondary N) is 1. The molecule has 1 aromatic rings. The van der Waals surface area contributed by atoms with Gasteiger partial charge in [-0.15, -0.1) is 0 Å². The van der Waals surface area contributed by atoms with E-state index in [1.165, 1.54) is 10.5 Å². The minimum absolute atomic E-state index is 0.0970. The van der Waals surface area contributed by atoms with Crippen LogP contribution in [0, 0.1) is 0 Å². The summed E-state index contributed by atoms with van der Waals surface area (Å²) in [5.74, 6) is 0.281. The summed E-state index contributed by atoms with van der Waals surface area (Å²) in [6.45, 7) is 7.31. The van der Waals surface area contributed by atoms with Crippen molar-refractivity contribution in [3.63, 3.8) is 0 Å². The zero-order valence-corrected chi connectivity index (χ0v) is 17.2. The van der Waals surface area contributed by atoms with Crippen LogP contribution in [0.1, 0.15) is 51.5 Å². The third-order valence-electron chi connectivity index (χ3n) is 4.83. The number of amides is 3. The fourth-order valence-electron chi connectivity index (χ4n) is 3.25. The van der Waals surface area contributed by atoms with Gasteiger partial charge in [-0.1, -0.05) is 12.1 Å². The molecule has 7 heteroatoms. The van der Waals surface area contributed by atoms with Gasteiger partial charge in [0.1, 0.15) is 5.60 Å². The largest absolute Gasteiger partial charge is 0.444 e. The second-order valence-electron chi connectivity index (χ2n) is 8.06. The van der Waals surface area contributed by atoms with E-state index in [9.17, 15) is 14.4 Å². The van der Waals surface area contributed by atoms with Gasteiger partial charge >= 0.3 is 6.09 Å². The molecule has 0 aliphatic carbocycles. The Balaban J connectivity index is 1.91. The SMILES string of the molecule is CNC(=O)CCN(C=O)c1ccc(C2CCN(C(=O)OC(C)(C)C)CC2)cc1. The highest BCUT2D eigenvalue weighted by Crippen LogP contribution is 2.30. The molecule has 1 fully saturated rings. The lowest BCUT2D eigenvalue weighted by Crippen LogP contribution is -2.41. The summed E-state index contributed by atoms with van der Waals surface area (Å²) in [4.78, 5) is 38.2. The molecule has 1 saturated heterocycles. The number of hydrogen-bond acceptors (Lipinski definition) is 4. The monoisotopic (exact) mass is 389 g/mol. The molecule has 7 nitrogen and oxygen atoms in total. The summed E-state index contributed by atoms with van der Waals surface area (Å²) in [5.41, 5.74) is 1.49. The van der Waals surface area contributed by atoms with Gasteiger partial charge in [-0.25, -0.2) is 4.79 Å². The number of benzene rings is 1. The molecule has 0 spiro atoms. The Labute approximate surface area is 167 Å². The Morgan fingerprint density at radius 1 is 1.21 bits per heavy atom. The number of nitrogens with zero attached hydrogens (tertiary/aromatic N) is 2. The van der Waals surface area contributed by atoms with Gasteiger partial charge in [0, 0.05) is 38.8 Å². The number of carbonyl (C=O) groups excluding carboxylic acids is 3. The minimum Gasteiger partial charge on any atom is -0.444 e. The van der Waals surface area contributed by atoms with E-state index in [1.807, 2.05) is 45.0 Å². The fourth-order valence-corrected chi connectivity index (χ4v) is 3.25. The van der Waals surface area contributed by atoms with Crippen molar-refractivity contribution in [1.82, 2.24) is 10.2 Å². The van der Waals surface area contributed by atoms with E-state index < -0.39 is 5.60 Å². The van der Waals surface area contributed by atoms with Crippen LogP contribution < -0.4 is 10.2 Å². The maximum absolute atomic E-state index is 12.2.